The van der Waals surface area contributed by atoms with E-state index >= 15 is 0 Å². The molecule has 0 bridgehead atoms. The van der Waals surface area contributed by atoms with Crippen LogP contribution in [0.3, 0.4) is 0 Å². The molecule has 4 saturated heterocycles. The van der Waals surface area contributed by atoms with Gasteiger partial charge < -0.3 is 63.1 Å². The minimum atomic E-state index is -1.45. The predicted octanol–water partition coefficient (Wildman–Crippen LogP) is 2.92. The molecule has 0 radical (unpaired) electrons. The molecule has 0 aromatic heterocycles. The quantitative estimate of drug-likeness (QED) is 0.304. The Labute approximate surface area is 326 Å². The van der Waals surface area contributed by atoms with Gasteiger partial charge in [0.25, 0.3) is 0 Å². The molecule has 1 amide bonds. The Morgan fingerprint density at radius 3 is 2.11 bits per heavy atom. The van der Waals surface area contributed by atoms with E-state index in [1.54, 1.807) is 48.5 Å². The number of ether oxygens (including phenoxy) is 9. The summed E-state index contributed by atoms with van der Waals surface area (Å²) < 4.78 is 55.7. The van der Waals surface area contributed by atoms with E-state index in [1.807, 2.05) is 39.8 Å². The third kappa shape index (κ3) is 9.44. The normalized spacial score (nSPS) is 47.8. The number of cyclic esters (lactones) is 1. The number of methoxy groups -OCH3 is 2. The summed E-state index contributed by atoms with van der Waals surface area (Å²) in [5.74, 6) is -3.40. The third-order valence-electron chi connectivity index (χ3n) is 12.6. The highest BCUT2D eigenvalue weighted by molar-refractivity contribution is 5.79. The van der Waals surface area contributed by atoms with E-state index in [-0.39, 0.29) is 37.3 Å². The Bertz CT molecular complexity index is 1340. The van der Waals surface area contributed by atoms with Gasteiger partial charge in [-0.15, -0.1) is 0 Å². The van der Waals surface area contributed by atoms with Crippen molar-refractivity contribution in [1.82, 2.24) is 10.2 Å². The number of carbonyl (C=O) groups excluding carboxylic acids is 3. The zero-order chi connectivity index (χ0) is 41.4. The summed E-state index contributed by atoms with van der Waals surface area (Å²) in [6.07, 6.45) is -8.83. The van der Waals surface area contributed by atoms with Gasteiger partial charge in [-0.1, -0.05) is 20.8 Å². The minimum absolute atomic E-state index is 0.124. The van der Waals surface area contributed by atoms with Gasteiger partial charge in [0.2, 0.25) is 5.91 Å². The van der Waals surface area contributed by atoms with Crippen LogP contribution in [0.15, 0.2) is 0 Å². The van der Waals surface area contributed by atoms with Crippen LogP contribution in [0.1, 0.15) is 94.9 Å². The highest BCUT2D eigenvalue weighted by Gasteiger charge is 2.58. The predicted molar refractivity (Wildman–Crippen MR) is 198 cm³/mol. The Morgan fingerprint density at radius 1 is 0.891 bits per heavy atom. The van der Waals surface area contributed by atoms with E-state index in [1.165, 1.54) is 14.2 Å². The maximum atomic E-state index is 14.5. The number of nitrogens with one attached hydrogen (secondary N) is 1. The summed E-state index contributed by atoms with van der Waals surface area (Å²) in [7, 11) is 6.79. The van der Waals surface area contributed by atoms with E-state index in [4.69, 9.17) is 42.6 Å². The molecule has 55 heavy (non-hydrogen) atoms. The molecular formula is C39H68N2O14. The van der Waals surface area contributed by atoms with Crippen LogP contribution in [-0.4, -0.2) is 152 Å². The number of carbonyl (C=O) groups is 3. The van der Waals surface area contributed by atoms with Crippen LogP contribution in [0.5, 0.6) is 0 Å². The lowest BCUT2D eigenvalue weighted by molar-refractivity contribution is -0.319. The van der Waals surface area contributed by atoms with Gasteiger partial charge in [-0.3, -0.25) is 9.59 Å². The molecular weight excluding hydrogens is 720 g/mol. The van der Waals surface area contributed by atoms with E-state index in [9.17, 15) is 24.6 Å². The summed E-state index contributed by atoms with van der Waals surface area (Å²) in [5, 5.41) is 25.6. The van der Waals surface area contributed by atoms with Crippen molar-refractivity contribution in [3.8, 4) is 0 Å². The lowest BCUT2D eigenvalue weighted by Gasteiger charge is -2.49. The van der Waals surface area contributed by atoms with Crippen LogP contribution >= 0.6 is 0 Å². The lowest BCUT2D eigenvalue weighted by Crippen LogP contribution is -2.61. The van der Waals surface area contributed by atoms with Crippen molar-refractivity contribution >= 4 is 18.0 Å². The highest BCUT2D eigenvalue weighted by atomic mass is 16.8. The zero-order valence-corrected chi connectivity index (χ0v) is 35.2. The third-order valence-corrected chi connectivity index (χ3v) is 12.6. The number of amides is 1. The summed E-state index contributed by atoms with van der Waals surface area (Å²) >= 11 is 0. The van der Waals surface area contributed by atoms with E-state index in [2.05, 4.69) is 5.32 Å². The molecule has 4 heterocycles. The van der Waals surface area contributed by atoms with Gasteiger partial charge in [0.1, 0.15) is 18.3 Å². The number of aliphatic hydroxyl groups excluding tert-OH is 2. The van der Waals surface area contributed by atoms with Crippen LogP contribution in [0, 0.1) is 17.8 Å². The second-order valence-electron chi connectivity index (χ2n) is 17.1. The Hall–Kier alpha value is -2.15. The summed E-state index contributed by atoms with van der Waals surface area (Å²) in [4.78, 5) is 43.0. The number of likely N-dealkylation sites (N-methyl/N-ethyl adjacent to an activating group) is 1. The van der Waals surface area contributed by atoms with E-state index in [0.717, 1.165) is 0 Å². The lowest BCUT2D eigenvalue weighted by atomic mass is 9.77. The second-order valence-corrected chi connectivity index (χ2v) is 17.1. The highest BCUT2D eigenvalue weighted by Crippen LogP contribution is 2.42. The van der Waals surface area contributed by atoms with Crippen molar-refractivity contribution in [3.05, 3.63) is 0 Å². The standard InChI is InChI=1S/C39H68N2O14/c1-15-26-39(10)32(54-36(46)55-39)23(6)40-33(44)19(2)17-38(9,48-14)31(53-35-28(42)25(41(11)12)16-20(3)49-35)21(4)29(22(5)34(45)51-26)52-27-18-37(8,47-13)30(43)24(7)50-27/h19-32,35,42-43H,15-18H2,1-14H3,(H,40,44)/t19-,20-,21+,22-,23-,24+,25+,26-,27+,28-,29+,30+,31+,32-,35+,37-,38-,39-/m1/s1. The fourth-order valence-corrected chi connectivity index (χ4v) is 9.04. The number of aliphatic hydroxyl groups is 2. The number of hydrogen-bond acceptors (Lipinski definition) is 15. The second kappa shape index (κ2) is 17.8. The van der Waals surface area contributed by atoms with Crippen molar-refractivity contribution in [2.24, 2.45) is 17.8 Å². The van der Waals surface area contributed by atoms with E-state index in [0.29, 0.717) is 6.42 Å². The summed E-state index contributed by atoms with van der Waals surface area (Å²) in [6.45, 7) is 17.6. The van der Waals surface area contributed by atoms with Gasteiger partial charge >= 0.3 is 12.1 Å². The average molecular weight is 789 g/mol. The number of rotatable bonds is 8. The molecule has 4 aliphatic rings. The van der Waals surface area contributed by atoms with Gasteiger partial charge in [-0.05, 0) is 81.8 Å². The van der Waals surface area contributed by atoms with Gasteiger partial charge in [0.05, 0.1) is 47.6 Å². The Balaban J connectivity index is 1.87. The molecule has 18 atom stereocenters. The van der Waals surface area contributed by atoms with Gasteiger partial charge in [0, 0.05) is 38.5 Å². The molecule has 318 valence electrons. The number of esters is 1. The minimum Gasteiger partial charge on any atom is -0.458 e. The first kappa shape index (κ1) is 45.6. The molecule has 0 saturated carbocycles. The zero-order valence-electron chi connectivity index (χ0n) is 35.2. The SMILES string of the molecule is CC[C@H]1OC(=O)[C@H](C)[C@@H](O[C@H]2C[C@@](C)(OC)[C@@H](O)[C@H](C)O2)[C@H](C)[C@H](O[C@@H]2O[C@H](C)C[C@H](N(C)C)[C@H]2O)[C@](C)(OC)C[C@@H](C)C(=O)N[C@H](C)[C@H]2OC(=O)O[C@@]21C. The molecule has 3 N–H and O–H groups in total. The fourth-order valence-electron chi connectivity index (χ4n) is 9.04. The monoisotopic (exact) mass is 788 g/mol. The summed E-state index contributed by atoms with van der Waals surface area (Å²) in [6, 6.07) is -1.02. The van der Waals surface area contributed by atoms with Gasteiger partial charge in [0.15, 0.2) is 24.3 Å². The van der Waals surface area contributed by atoms with Gasteiger partial charge in [-0.2, -0.15) is 0 Å². The van der Waals surface area contributed by atoms with Crippen LogP contribution in [0.4, 0.5) is 4.79 Å². The average Bonchev–Trinajstić information content (AvgIpc) is 3.44. The van der Waals surface area contributed by atoms with E-state index < -0.39 is 108 Å². The molecule has 0 aromatic rings. The first-order valence-corrected chi connectivity index (χ1v) is 19.7. The van der Waals surface area contributed by atoms with Crippen LogP contribution in [0.2, 0.25) is 0 Å². The van der Waals surface area contributed by atoms with Crippen molar-refractivity contribution in [3.63, 3.8) is 0 Å². The molecule has 0 aromatic carbocycles. The molecule has 16 nitrogen and oxygen atoms in total. The first-order valence-electron chi connectivity index (χ1n) is 19.7. The Kier molecular flexibility index (Phi) is 14.7. The molecule has 16 heteroatoms. The molecule has 4 fully saturated rings. The maximum absolute atomic E-state index is 14.5. The fraction of sp³-hybridized carbons (Fsp3) is 0.923. The topological polar surface area (TPSA) is 190 Å². The first-order chi connectivity index (χ1) is 25.5. The molecule has 0 spiro atoms. The number of hydrogen-bond donors (Lipinski definition) is 3. The van der Waals surface area contributed by atoms with Crippen LogP contribution < -0.4 is 5.32 Å². The van der Waals surface area contributed by atoms with Gasteiger partial charge in [-0.25, -0.2) is 4.79 Å². The largest absolute Gasteiger partial charge is 0.509 e. The van der Waals surface area contributed by atoms with Crippen molar-refractivity contribution in [2.75, 3.05) is 28.3 Å². The molecule has 4 rings (SSSR count). The molecule has 0 aliphatic carbocycles. The molecule has 4 aliphatic heterocycles. The number of nitrogens with zero attached hydrogens (tertiary/aromatic N) is 1. The van der Waals surface area contributed by atoms with Crippen LogP contribution in [0.25, 0.3) is 0 Å². The van der Waals surface area contributed by atoms with Crippen LogP contribution in [-0.2, 0) is 52.2 Å². The van der Waals surface area contributed by atoms with Crippen molar-refractivity contribution in [1.29, 1.82) is 0 Å². The Morgan fingerprint density at radius 2 is 1.53 bits per heavy atom. The molecule has 0 unspecified atom stereocenters. The van der Waals surface area contributed by atoms with Crippen molar-refractivity contribution < 1.29 is 67.2 Å². The van der Waals surface area contributed by atoms with Crippen molar-refractivity contribution in [2.45, 2.75) is 185 Å². The maximum Gasteiger partial charge on any atom is 0.509 e. The number of fused-ring (bicyclic) bond motifs is 1. The summed E-state index contributed by atoms with van der Waals surface area (Å²) in [5.41, 5.74) is -3.73. The smallest absolute Gasteiger partial charge is 0.458 e.